The van der Waals surface area contributed by atoms with Crippen LogP contribution >= 0.6 is 11.8 Å². The minimum atomic E-state index is -0.325. The van der Waals surface area contributed by atoms with E-state index in [2.05, 4.69) is 5.32 Å². The van der Waals surface area contributed by atoms with Crippen molar-refractivity contribution < 1.29 is 9.90 Å². The lowest BCUT2D eigenvalue weighted by molar-refractivity contribution is 0.0942. The minimum absolute atomic E-state index is 0.0824. The maximum absolute atomic E-state index is 11.7. The molecule has 4 heteroatoms. The molecule has 0 spiro atoms. The highest BCUT2D eigenvalue weighted by Gasteiger charge is 2.06. The second kappa shape index (κ2) is 7.35. The molecule has 1 amide bonds. The number of carbonyl (C=O) groups is 1. The molecule has 3 nitrogen and oxygen atoms in total. The van der Waals surface area contributed by atoms with Gasteiger partial charge in [-0.05, 0) is 43.4 Å². The van der Waals surface area contributed by atoms with E-state index in [0.717, 1.165) is 11.3 Å². The predicted octanol–water partition coefficient (Wildman–Crippen LogP) is 2.30. The molecule has 0 aromatic heterocycles. The maximum atomic E-state index is 11.7. The van der Waals surface area contributed by atoms with Crippen molar-refractivity contribution in [3.05, 3.63) is 29.8 Å². The topological polar surface area (TPSA) is 49.3 Å². The van der Waals surface area contributed by atoms with Crippen LogP contribution in [-0.2, 0) is 0 Å². The number of thioether (sulfide) groups is 1. The Morgan fingerprint density at radius 1 is 1.41 bits per heavy atom. The number of hydrogen-bond donors (Lipinski definition) is 2. The number of aliphatic hydroxyl groups is 1. The Morgan fingerprint density at radius 2 is 2.06 bits per heavy atom. The van der Waals surface area contributed by atoms with Crippen molar-refractivity contribution in [2.24, 2.45) is 0 Å². The molecule has 1 aromatic carbocycles. The number of hydrogen-bond acceptors (Lipinski definition) is 3. The Kier molecular flexibility index (Phi) is 6.08. The van der Waals surface area contributed by atoms with Crippen molar-refractivity contribution in [2.45, 2.75) is 30.8 Å². The van der Waals surface area contributed by atoms with Gasteiger partial charge in [0.25, 0.3) is 5.91 Å². The second-order valence-corrected chi connectivity index (χ2v) is 4.71. The van der Waals surface area contributed by atoms with Gasteiger partial charge >= 0.3 is 0 Å². The van der Waals surface area contributed by atoms with Crippen molar-refractivity contribution in [2.75, 3.05) is 12.8 Å². The van der Waals surface area contributed by atoms with Gasteiger partial charge in [0.2, 0.25) is 0 Å². The Labute approximate surface area is 107 Å². The summed E-state index contributed by atoms with van der Waals surface area (Å²) in [7, 11) is 0. The third-order valence-corrected chi connectivity index (χ3v) is 3.33. The second-order valence-electron chi connectivity index (χ2n) is 3.84. The monoisotopic (exact) mass is 253 g/mol. The first-order valence-electron chi connectivity index (χ1n) is 5.77. The molecule has 0 radical (unpaired) electrons. The van der Waals surface area contributed by atoms with E-state index in [1.165, 1.54) is 0 Å². The Balaban J connectivity index is 2.41. The third kappa shape index (κ3) is 4.79. The van der Waals surface area contributed by atoms with Gasteiger partial charge in [0, 0.05) is 17.0 Å². The molecule has 0 heterocycles. The lowest BCUT2D eigenvalue weighted by atomic mass is 10.2. The highest BCUT2D eigenvalue weighted by atomic mass is 32.2. The standard InChI is InChI=1S/C13H19NO2S/c1-3-11(15)8-9-14-13(16)10-4-6-12(17-2)7-5-10/h4-7,11,15H,3,8-9H2,1-2H3,(H,14,16). The first-order valence-corrected chi connectivity index (χ1v) is 7.00. The van der Waals surface area contributed by atoms with Crippen LogP contribution in [0.25, 0.3) is 0 Å². The van der Waals surface area contributed by atoms with E-state index in [1.54, 1.807) is 11.8 Å². The van der Waals surface area contributed by atoms with Gasteiger partial charge in [-0.15, -0.1) is 11.8 Å². The van der Waals surface area contributed by atoms with Crippen molar-refractivity contribution in [3.8, 4) is 0 Å². The Hall–Kier alpha value is -1.00. The zero-order valence-corrected chi connectivity index (χ0v) is 11.1. The molecular weight excluding hydrogens is 234 g/mol. The summed E-state index contributed by atoms with van der Waals surface area (Å²) in [6.45, 7) is 2.44. The molecule has 0 aliphatic carbocycles. The lowest BCUT2D eigenvalue weighted by Gasteiger charge is -2.09. The van der Waals surface area contributed by atoms with E-state index in [0.29, 0.717) is 18.5 Å². The van der Waals surface area contributed by atoms with Gasteiger partial charge in [0.05, 0.1) is 6.10 Å². The predicted molar refractivity (Wildman–Crippen MR) is 71.5 cm³/mol. The minimum Gasteiger partial charge on any atom is -0.393 e. The first kappa shape index (κ1) is 14.1. The van der Waals surface area contributed by atoms with Crippen molar-refractivity contribution in [1.29, 1.82) is 0 Å². The molecule has 1 unspecified atom stereocenters. The van der Waals surface area contributed by atoms with Crippen LogP contribution in [0.4, 0.5) is 0 Å². The number of aliphatic hydroxyl groups excluding tert-OH is 1. The number of amides is 1. The number of nitrogens with one attached hydrogen (secondary N) is 1. The Morgan fingerprint density at radius 3 is 2.59 bits per heavy atom. The van der Waals surface area contributed by atoms with Crippen LogP contribution in [0.15, 0.2) is 29.2 Å². The molecule has 1 rings (SSSR count). The summed E-state index contributed by atoms with van der Waals surface area (Å²) in [6, 6.07) is 7.50. The van der Waals surface area contributed by atoms with Crippen LogP contribution in [0.5, 0.6) is 0 Å². The fraction of sp³-hybridized carbons (Fsp3) is 0.462. The highest BCUT2D eigenvalue weighted by molar-refractivity contribution is 7.98. The fourth-order valence-corrected chi connectivity index (χ4v) is 1.81. The lowest BCUT2D eigenvalue weighted by Crippen LogP contribution is -2.26. The van der Waals surface area contributed by atoms with Crippen molar-refractivity contribution in [3.63, 3.8) is 0 Å². The van der Waals surface area contributed by atoms with Gasteiger partial charge in [0.15, 0.2) is 0 Å². The smallest absolute Gasteiger partial charge is 0.251 e. The fourth-order valence-electron chi connectivity index (χ4n) is 1.40. The molecule has 0 bridgehead atoms. The van der Waals surface area contributed by atoms with Crippen LogP contribution in [0, 0.1) is 0 Å². The van der Waals surface area contributed by atoms with Gasteiger partial charge in [0.1, 0.15) is 0 Å². The molecule has 0 aliphatic heterocycles. The quantitative estimate of drug-likeness (QED) is 0.765. The average molecular weight is 253 g/mol. The number of benzene rings is 1. The van der Waals surface area contributed by atoms with Crippen LogP contribution in [0.2, 0.25) is 0 Å². The zero-order chi connectivity index (χ0) is 12.7. The van der Waals surface area contributed by atoms with E-state index in [9.17, 15) is 9.90 Å². The van der Waals surface area contributed by atoms with E-state index < -0.39 is 0 Å². The SMILES string of the molecule is CCC(O)CCNC(=O)c1ccc(SC)cc1. The van der Waals surface area contributed by atoms with Crippen LogP contribution in [0.1, 0.15) is 30.1 Å². The molecule has 0 aliphatic rings. The van der Waals surface area contributed by atoms with Crippen LogP contribution in [0.3, 0.4) is 0 Å². The first-order chi connectivity index (χ1) is 8.17. The van der Waals surface area contributed by atoms with Gasteiger partial charge in [-0.1, -0.05) is 6.92 Å². The third-order valence-electron chi connectivity index (χ3n) is 2.59. The average Bonchev–Trinajstić information content (AvgIpc) is 2.38. The van der Waals surface area contributed by atoms with Gasteiger partial charge < -0.3 is 10.4 Å². The van der Waals surface area contributed by atoms with Gasteiger partial charge in [-0.2, -0.15) is 0 Å². The van der Waals surface area contributed by atoms with Crippen molar-refractivity contribution >= 4 is 17.7 Å². The van der Waals surface area contributed by atoms with Crippen LogP contribution in [-0.4, -0.2) is 29.9 Å². The van der Waals surface area contributed by atoms with Crippen LogP contribution < -0.4 is 5.32 Å². The van der Waals surface area contributed by atoms with Gasteiger partial charge in [-0.25, -0.2) is 0 Å². The molecular formula is C13H19NO2S. The van der Waals surface area contributed by atoms with E-state index >= 15 is 0 Å². The molecule has 0 saturated carbocycles. The van der Waals surface area contributed by atoms with Gasteiger partial charge in [-0.3, -0.25) is 4.79 Å². The molecule has 1 atom stereocenters. The summed E-state index contributed by atoms with van der Waals surface area (Å²) in [5, 5.41) is 12.2. The summed E-state index contributed by atoms with van der Waals surface area (Å²) in [4.78, 5) is 12.9. The summed E-state index contributed by atoms with van der Waals surface area (Å²) >= 11 is 1.65. The largest absolute Gasteiger partial charge is 0.393 e. The highest BCUT2D eigenvalue weighted by Crippen LogP contribution is 2.14. The summed E-state index contributed by atoms with van der Waals surface area (Å²) < 4.78 is 0. The molecule has 94 valence electrons. The summed E-state index contributed by atoms with van der Waals surface area (Å²) in [5.74, 6) is -0.0824. The normalized spacial score (nSPS) is 12.2. The number of carbonyl (C=O) groups excluding carboxylic acids is 1. The molecule has 0 fully saturated rings. The molecule has 1 aromatic rings. The Bertz CT molecular complexity index is 351. The van der Waals surface area contributed by atoms with E-state index in [1.807, 2.05) is 37.4 Å². The summed E-state index contributed by atoms with van der Waals surface area (Å²) in [6.07, 6.45) is 3.00. The van der Waals surface area contributed by atoms with E-state index in [-0.39, 0.29) is 12.0 Å². The maximum Gasteiger partial charge on any atom is 0.251 e. The zero-order valence-electron chi connectivity index (χ0n) is 10.3. The molecule has 0 saturated heterocycles. The summed E-state index contributed by atoms with van der Waals surface area (Å²) in [5.41, 5.74) is 0.661. The molecule has 17 heavy (non-hydrogen) atoms. The number of rotatable bonds is 6. The van der Waals surface area contributed by atoms with Crippen molar-refractivity contribution in [1.82, 2.24) is 5.32 Å². The molecule has 2 N–H and O–H groups in total. The van der Waals surface area contributed by atoms with E-state index in [4.69, 9.17) is 0 Å².